The molecule has 156 valence electrons. The lowest BCUT2D eigenvalue weighted by molar-refractivity contribution is 0.392. The maximum atomic E-state index is 12.3. The van der Waals surface area contributed by atoms with E-state index in [1.165, 1.54) is 36.4 Å². The molecule has 1 aliphatic heterocycles. The fourth-order valence-electron chi connectivity index (χ4n) is 2.56. The summed E-state index contributed by atoms with van der Waals surface area (Å²) in [5, 5.41) is 19.8. The molecule has 2 aromatic carbocycles. The Morgan fingerprint density at radius 1 is 1.07 bits per heavy atom. The van der Waals surface area contributed by atoms with E-state index >= 15 is 0 Å². The van der Waals surface area contributed by atoms with Crippen molar-refractivity contribution in [3.8, 4) is 5.75 Å². The molecule has 0 fully saturated rings. The zero-order valence-corrected chi connectivity index (χ0v) is 17.6. The van der Waals surface area contributed by atoms with Crippen molar-refractivity contribution in [3.05, 3.63) is 64.1 Å². The highest BCUT2D eigenvalue weighted by Gasteiger charge is 2.30. The number of benzene rings is 2. The highest BCUT2D eigenvalue weighted by atomic mass is 35.5. The van der Waals surface area contributed by atoms with E-state index in [4.69, 9.17) is 23.2 Å². The van der Waals surface area contributed by atoms with Crippen LogP contribution in [0, 0.1) is 0 Å². The molecular weight excluding hydrogens is 465 g/mol. The Labute approximate surface area is 177 Å². The van der Waals surface area contributed by atoms with Gasteiger partial charge in [0.2, 0.25) is 15.9 Å². The van der Waals surface area contributed by atoms with Gasteiger partial charge in [-0.15, -0.1) is 0 Å². The van der Waals surface area contributed by atoms with Crippen LogP contribution in [-0.4, -0.2) is 33.6 Å². The molecule has 2 aromatic rings. The van der Waals surface area contributed by atoms with Crippen LogP contribution in [0.2, 0.25) is 10.0 Å². The second-order valence-electron chi connectivity index (χ2n) is 5.96. The maximum Gasteiger partial charge on any atom is 0.330 e. The van der Waals surface area contributed by atoms with E-state index in [0.717, 1.165) is 6.20 Å². The lowest BCUT2D eigenvalue weighted by atomic mass is 10.1. The minimum atomic E-state index is -4.03. The molecule has 0 saturated heterocycles. The topological polar surface area (TPSA) is 136 Å². The molecule has 13 heteroatoms. The number of nitrogens with one attached hydrogen (secondary N) is 2. The largest absolute Gasteiger partial charge is 0.506 e. The fraction of sp³-hybridized carbons (Fsp3) is 0.125. The Kier molecular flexibility index (Phi) is 5.88. The average molecular weight is 480 g/mol. The first-order chi connectivity index (χ1) is 13.5. The molecule has 0 spiro atoms. The molecule has 1 heterocycles. The van der Waals surface area contributed by atoms with Gasteiger partial charge >= 0.3 is 10.2 Å². The van der Waals surface area contributed by atoms with Gasteiger partial charge in [0.05, 0.1) is 21.1 Å². The van der Waals surface area contributed by atoms with E-state index < -0.39 is 26.1 Å². The zero-order chi connectivity index (χ0) is 21.4. The van der Waals surface area contributed by atoms with Gasteiger partial charge in [-0.25, -0.2) is 22.2 Å². The number of hydrogen-bond acceptors (Lipinski definition) is 6. The summed E-state index contributed by atoms with van der Waals surface area (Å²) < 4.78 is 53.3. The zero-order valence-electron chi connectivity index (χ0n) is 14.5. The van der Waals surface area contributed by atoms with Crippen LogP contribution in [-0.2, 0) is 26.7 Å². The molecule has 0 atom stereocenters. The van der Waals surface area contributed by atoms with Crippen molar-refractivity contribution in [1.82, 2.24) is 9.44 Å². The number of sulfonamides is 1. The van der Waals surface area contributed by atoms with E-state index in [2.05, 4.69) is 4.72 Å². The number of aromatic hydroxyl groups is 1. The number of halogens is 2. The van der Waals surface area contributed by atoms with Crippen molar-refractivity contribution in [3.63, 3.8) is 0 Å². The maximum absolute atomic E-state index is 12.3. The molecule has 0 aromatic heterocycles. The SMILES string of the molecule is O=S(=O)(NCCc1ccc(N2C=C(O)NS2(=O)=O)c(O)c1)c1ccc(Cl)c(Cl)c1. The van der Waals surface area contributed by atoms with Gasteiger partial charge in [0.1, 0.15) is 11.4 Å². The summed E-state index contributed by atoms with van der Waals surface area (Å²) in [4.78, 5) is -0.0385. The number of hydrogen-bond donors (Lipinski definition) is 4. The number of aliphatic hydroxyl groups is 1. The second-order valence-corrected chi connectivity index (χ2v) is 10.1. The number of anilines is 1. The fourth-order valence-corrected chi connectivity index (χ4v) is 5.04. The molecule has 0 unspecified atom stereocenters. The van der Waals surface area contributed by atoms with Crippen LogP contribution in [0.1, 0.15) is 5.56 Å². The van der Waals surface area contributed by atoms with Gasteiger partial charge in [-0.05, 0) is 42.3 Å². The van der Waals surface area contributed by atoms with Crippen LogP contribution in [0.4, 0.5) is 5.69 Å². The van der Waals surface area contributed by atoms with Crippen LogP contribution in [0.15, 0.2) is 53.4 Å². The van der Waals surface area contributed by atoms with Crippen molar-refractivity contribution < 1.29 is 27.0 Å². The molecule has 0 aliphatic carbocycles. The van der Waals surface area contributed by atoms with Gasteiger partial charge in [-0.3, -0.25) is 0 Å². The Bertz CT molecular complexity index is 1200. The number of nitrogens with zero attached hydrogens (tertiary/aromatic N) is 1. The van der Waals surface area contributed by atoms with Crippen molar-refractivity contribution in [2.45, 2.75) is 11.3 Å². The third-order valence-electron chi connectivity index (χ3n) is 3.92. The van der Waals surface area contributed by atoms with Gasteiger partial charge in [-0.2, -0.15) is 8.42 Å². The smallest absolute Gasteiger partial charge is 0.330 e. The Morgan fingerprint density at radius 2 is 1.79 bits per heavy atom. The third kappa shape index (κ3) is 4.70. The summed E-state index contributed by atoms with van der Waals surface area (Å²) in [7, 11) is -7.84. The molecular formula is C16H15Cl2N3O6S2. The minimum Gasteiger partial charge on any atom is -0.506 e. The van der Waals surface area contributed by atoms with E-state index in [0.29, 0.717) is 9.87 Å². The monoisotopic (exact) mass is 479 g/mol. The number of phenolic OH excluding ortho intramolecular Hbond substituents is 1. The molecule has 0 bridgehead atoms. The van der Waals surface area contributed by atoms with Crippen molar-refractivity contribution >= 4 is 49.1 Å². The normalized spacial score (nSPS) is 15.8. The van der Waals surface area contributed by atoms with Crippen LogP contribution >= 0.6 is 23.2 Å². The summed E-state index contributed by atoms with van der Waals surface area (Å²) in [6.07, 6.45) is 1.13. The van der Waals surface area contributed by atoms with Crippen LogP contribution in [0.5, 0.6) is 5.75 Å². The average Bonchev–Trinajstić information content (AvgIpc) is 2.89. The lowest BCUT2D eigenvalue weighted by Crippen LogP contribution is -2.29. The molecule has 0 saturated carbocycles. The Balaban J connectivity index is 1.69. The lowest BCUT2D eigenvalue weighted by Gasteiger charge is -2.16. The number of rotatable bonds is 6. The first-order valence-corrected chi connectivity index (χ1v) is 11.7. The van der Waals surface area contributed by atoms with Crippen LogP contribution < -0.4 is 13.7 Å². The first-order valence-electron chi connectivity index (χ1n) is 7.99. The van der Waals surface area contributed by atoms with E-state index in [-0.39, 0.29) is 39.3 Å². The highest BCUT2D eigenvalue weighted by Crippen LogP contribution is 2.32. The molecule has 0 amide bonds. The summed E-state index contributed by atoms with van der Waals surface area (Å²) in [6.45, 7) is 0.0195. The minimum absolute atomic E-state index is 0.0195. The predicted octanol–water partition coefficient (Wildman–Crippen LogP) is 2.23. The van der Waals surface area contributed by atoms with Gasteiger partial charge in [0.15, 0.2) is 0 Å². The summed E-state index contributed by atoms with van der Waals surface area (Å²) >= 11 is 11.6. The van der Waals surface area contributed by atoms with Crippen molar-refractivity contribution in [2.24, 2.45) is 0 Å². The van der Waals surface area contributed by atoms with Crippen LogP contribution in [0.25, 0.3) is 0 Å². The highest BCUT2D eigenvalue weighted by molar-refractivity contribution is 7.91. The van der Waals surface area contributed by atoms with Crippen molar-refractivity contribution in [2.75, 3.05) is 10.8 Å². The van der Waals surface area contributed by atoms with Gasteiger partial charge in [0.25, 0.3) is 0 Å². The second kappa shape index (κ2) is 7.92. The molecule has 29 heavy (non-hydrogen) atoms. The standard InChI is InChI=1S/C16H15Cl2N3O6S2/c17-12-3-2-11(8-13(12)18)28(24,25)19-6-5-10-1-4-14(15(22)7-10)21-9-16(23)20-29(21,26)27/h1-4,7-9,19-20,22-23H,5-6H2. The summed E-state index contributed by atoms with van der Waals surface area (Å²) in [5.74, 6) is -0.934. The number of aliphatic hydroxyl groups excluding tert-OH is 1. The van der Waals surface area contributed by atoms with Crippen LogP contribution in [0.3, 0.4) is 0 Å². The van der Waals surface area contributed by atoms with Crippen molar-refractivity contribution in [1.29, 1.82) is 0 Å². The Hall–Kier alpha value is -2.18. The summed E-state index contributed by atoms with van der Waals surface area (Å²) in [6, 6.07) is 8.11. The van der Waals surface area contributed by atoms with Gasteiger partial charge in [-0.1, -0.05) is 29.3 Å². The molecule has 4 N–H and O–H groups in total. The van der Waals surface area contributed by atoms with E-state index in [9.17, 15) is 27.0 Å². The predicted molar refractivity (Wildman–Crippen MR) is 109 cm³/mol. The third-order valence-corrected chi connectivity index (χ3v) is 7.40. The molecule has 9 nitrogen and oxygen atoms in total. The van der Waals surface area contributed by atoms with E-state index in [1.54, 1.807) is 0 Å². The molecule has 1 aliphatic rings. The van der Waals surface area contributed by atoms with Gasteiger partial charge in [0, 0.05) is 6.54 Å². The molecule has 0 radical (unpaired) electrons. The van der Waals surface area contributed by atoms with Gasteiger partial charge < -0.3 is 10.2 Å². The Morgan fingerprint density at radius 3 is 2.38 bits per heavy atom. The quantitative estimate of drug-likeness (QED) is 0.501. The van der Waals surface area contributed by atoms with E-state index in [1.807, 2.05) is 4.72 Å². The number of phenols is 1. The summed E-state index contributed by atoms with van der Waals surface area (Å²) in [5.41, 5.74) is 0.488. The molecule has 3 rings (SSSR count). The first kappa shape index (κ1) is 21.5.